The minimum atomic E-state index is -0.935. The lowest BCUT2D eigenvalue weighted by Gasteiger charge is -2.24. The van der Waals surface area contributed by atoms with Crippen LogP contribution in [0.4, 0.5) is 15.1 Å². The third-order valence-electron chi connectivity index (χ3n) is 7.27. The molecule has 1 aliphatic carbocycles. The number of carbonyl (C=O) groups excluding carboxylic acids is 4. The summed E-state index contributed by atoms with van der Waals surface area (Å²) in [6, 6.07) is 10.0. The zero-order valence-electron chi connectivity index (χ0n) is 22.0. The predicted molar refractivity (Wildman–Crippen MR) is 155 cm³/mol. The number of nitrogens with zero attached hydrogens (tertiary/aromatic N) is 1. The molecule has 2 aliphatic rings. The number of likely N-dealkylation sites (tertiary alicyclic amines) is 1. The van der Waals surface area contributed by atoms with Gasteiger partial charge in [-0.15, -0.1) is 11.3 Å². The number of ether oxygens (including phenoxy) is 1. The minimum Gasteiger partial charge on any atom is -0.455 e. The van der Waals surface area contributed by atoms with E-state index in [0.717, 1.165) is 36.1 Å². The fourth-order valence-electron chi connectivity index (χ4n) is 5.26. The van der Waals surface area contributed by atoms with Crippen molar-refractivity contribution >= 4 is 68.9 Å². The highest BCUT2D eigenvalue weighted by molar-refractivity contribution is 7.17. The number of anilines is 2. The molecule has 2 atom stereocenters. The highest BCUT2D eigenvalue weighted by Crippen LogP contribution is 2.40. The van der Waals surface area contributed by atoms with Gasteiger partial charge in [-0.05, 0) is 73.2 Å². The number of hydrogen-bond acceptors (Lipinski definition) is 6. The van der Waals surface area contributed by atoms with E-state index in [-0.39, 0.29) is 23.3 Å². The number of rotatable bonds is 7. The van der Waals surface area contributed by atoms with E-state index in [1.54, 1.807) is 30.3 Å². The van der Waals surface area contributed by atoms with Gasteiger partial charge in [-0.1, -0.05) is 29.3 Å². The van der Waals surface area contributed by atoms with Crippen LogP contribution < -0.4 is 10.6 Å². The second kappa shape index (κ2) is 12.2. The molecule has 1 saturated heterocycles. The average Bonchev–Trinajstić information content (AvgIpc) is 3.46. The van der Waals surface area contributed by atoms with Gasteiger partial charge in [0.05, 0.1) is 22.5 Å². The second-order valence-electron chi connectivity index (χ2n) is 9.97. The highest BCUT2D eigenvalue weighted by Gasteiger charge is 2.44. The number of benzene rings is 2. The van der Waals surface area contributed by atoms with Crippen LogP contribution >= 0.6 is 34.5 Å². The van der Waals surface area contributed by atoms with Crippen LogP contribution in [0.5, 0.6) is 0 Å². The number of aryl methyl sites for hydroxylation is 1. The summed E-state index contributed by atoms with van der Waals surface area (Å²) in [7, 11) is 1.52. The van der Waals surface area contributed by atoms with Crippen molar-refractivity contribution in [2.24, 2.45) is 5.92 Å². The van der Waals surface area contributed by atoms with Gasteiger partial charge in [0.2, 0.25) is 5.91 Å². The number of esters is 1. The summed E-state index contributed by atoms with van der Waals surface area (Å²) in [6.45, 7) is -0.615. The van der Waals surface area contributed by atoms with Gasteiger partial charge in [0.15, 0.2) is 6.61 Å². The molecule has 3 amide bonds. The average molecular weight is 619 g/mol. The third kappa shape index (κ3) is 6.24. The molecule has 2 N–H and O–H groups in total. The number of thiophene rings is 1. The summed E-state index contributed by atoms with van der Waals surface area (Å²) < 4.78 is 19.4. The first kappa shape index (κ1) is 29.0. The number of fused-ring (bicyclic) bond motifs is 1. The number of halogens is 3. The maximum Gasteiger partial charge on any atom is 0.312 e. The summed E-state index contributed by atoms with van der Waals surface area (Å²) >= 11 is 13.1. The van der Waals surface area contributed by atoms with E-state index in [9.17, 15) is 23.6 Å². The zero-order chi connectivity index (χ0) is 29.3. The SMILES string of the molecule is CN1C(=O)CC(C(=O)OCC(=O)Nc2sc3c(c2C(=O)Nc2ccc(Cl)cc2)CCCC3)C1c1ccc(Cl)c(F)c1. The van der Waals surface area contributed by atoms with Gasteiger partial charge in [0, 0.05) is 29.1 Å². The topological polar surface area (TPSA) is 105 Å². The Bertz CT molecular complexity index is 1530. The number of carbonyl (C=O) groups is 4. The fraction of sp³-hybridized carbons (Fsp3) is 0.310. The Labute approximate surface area is 249 Å². The molecule has 0 spiro atoms. The van der Waals surface area contributed by atoms with Crippen molar-refractivity contribution in [1.82, 2.24) is 4.90 Å². The van der Waals surface area contributed by atoms with Crippen LogP contribution in [0.3, 0.4) is 0 Å². The standard InChI is InChI=1S/C29H26Cl2FN3O5S/c1-35-24(37)13-19(26(35)15-6-11-20(31)21(32)12-15)29(39)40-14-23(36)34-28-25(18-4-2-3-5-22(18)41-28)27(38)33-17-9-7-16(30)8-10-17/h6-12,19,26H,2-5,13-14H2,1H3,(H,33,38)(H,34,36). The molecule has 0 bridgehead atoms. The van der Waals surface area contributed by atoms with E-state index >= 15 is 0 Å². The molecule has 12 heteroatoms. The Kier molecular flexibility index (Phi) is 8.63. The molecule has 3 aromatic rings. The lowest BCUT2D eigenvalue weighted by atomic mass is 9.93. The predicted octanol–water partition coefficient (Wildman–Crippen LogP) is 6.03. The second-order valence-corrected chi connectivity index (χ2v) is 11.9. The van der Waals surface area contributed by atoms with Crippen molar-refractivity contribution in [1.29, 1.82) is 0 Å². The summed E-state index contributed by atoms with van der Waals surface area (Å²) in [5.41, 5.74) is 2.26. The van der Waals surface area contributed by atoms with E-state index in [1.165, 1.54) is 35.4 Å². The molecular formula is C29H26Cl2FN3O5S. The third-order valence-corrected chi connectivity index (χ3v) is 9.04. The van der Waals surface area contributed by atoms with Gasteiger partial charge < -0.3 is 20.3 Å². The fourth-order valence-corrected chi connectivity index (χ4v) is 6.81. The smallest absolute Gasteiger partial charge is 0.312 e. The summed E-state index contributed by atoms with van der Waals surface area (Å²) in [5, 5.41) is 6.45. The maximum absolute atomic E-state index is 14.1. The molecule has 0 radical (unpaired) electrons. The molecule has 214 valence electrons. The minimum absolute atomic E-state index is 0.0759. The highest BCUT2D eigenvalue weighted by atomic mass is 35.5. The maximum atomic E-state index is 14.1. The van der Waals surface area contributed by atoms with Crippen LogP contribution in [0.1, 0.15) is 51.7 Å². The van der Waals surface area contributed by atoms with Gasteiger partial charge in [0.1, 0.15) is 10.8 Å². The molecule has 41 heavy (non-hydrogen) atoms. The van der Waals surface area contributed by atoms with E-state index in [4.69, 9.17) is 27.9 Å². The van der Waals surface area contributed by atoms with E-state index < -0.39 is 36.3 Å². The first-order valence-electron chi connectivity index (χ1n) is 13.0. The van der Waals surface area contributed by atoms with Gasteiger partial charge >= 0.3 is 5.97 Å². The molecule has 0 saturated carbocycles. The van der Waals surface area contributed by atoms with Crippen LogP contribution in [0.15, 0.2) is 42.5 Å². The molecule has 1 fully saturated rings. The van der Waals surface area contributed by atoms with Crippen LogP contribution in [-0.4, -0.2) is 42.2 Å². The van der Waals surface area contributed by atoms with Crippen molar-refractivity contribution < 1.29 is 28.3 Å². The Morgan fingerprint density at radius 3 is 2.54 bits per heavy atom. The van der Waals surface area contributed by atoms with Crippen molar-refractivity contribution in [3.05, 3.63) is 79.9 Å². The monoisotopic (exact) mass is 617 g/mol. The molecular weight excluding hydrogens is 592 g/mol. The largest absolute Gasteiger partial charge is 0.455 e. The Morgan fingerprint density at radius 2 is 1.80 bits per heavy atom. The van der Waals surface area contributed by atoms with Gasteiger partial charge in [-0.2, -0.15) is 0 Å². The van der Waals surface area contributed by atoms with E-state index in [2.05, 4.69) is 10.6 Å². The molecule has 2 unspecified atom stereocenters. The van der Waals surface area contributed by atoms with E-state index in [0.29, 0.717) is 26.8 Å². The van der Waals surface area contributed by atoms with Crippen molar-refractivity contribution in [2.75, 3.05) is 24.3 Å². The summed E-state index contributed by atoms with van der Waals surface area (Å²) in [5.74, 6) is -3.65. The van der Waals surface area contributed by atoms with Crippen molar-refractivity contribution in [2.45, 2.75) is 38.1 Å². The van der Waals surface area contributed by atoms with Crippen LogP contribution in [0, 0.1) is 11.7 Å². The lowest BCUT2D eigenvalue weighted by Crippen LogP contribution is -2.30. The summed E-state index contributed by atoms with van der Waals surface area (Å²) in [4.78, 5) is 54.1. The first-order valence-corrected chi connectivity index (χ1v) is 14.6. The lowest BCUT2D eigenvalue weighted by molar-refractivity contribution is -0.152. The Hall–Kier alpha value is -3.47. The van der Waals surface area contributed by atoms with Crippen LogP contribution in [0.25, 0.3) is 0 Å². The molecule has 8 nitrogen and oxygen atoms in total. The summed E-state index contributed by atoms with van der Waals surface area (Å²) in [6.07, 6.45) is 3.31. The number of amides is 3. The van der Waals surface area contributed by atoms with Crippen molar-refractivity contribution in [3.8, 4) is 0 Å². The van der Waals surface area contributed by atoms with E-state index in [1.807, 2.05) is 0 Å². The molecule has 5 rings (SSSR count). The van der Waals surface area contributed by atoms with Crippen LogP contribution in [0.2, 0.25) is 10.0 Å². The Balaban J connectivity index is 1.28. The van der Waals surface area contributed by atoms with Gasteiger partial charge in [-0.25, -0.2) is 4.39 Å². The first-order chi connectivity index (χ1) is 19.6. The van der Waals surface area contributed by atoms with Gasteiger partial charge in [-0.3, -0.25) is 19.2 Å². The number of hydrogen-bond donors (Lipinski definition) is 2. The molecule has 1 aliphatic heterocycles. The van der Waals surface area contributed by atoms with Gasteiger partial charge in [0.25, 0.3) is 11.8 Å². The quantitative estimate of drug-likeness (QED) is 0.315. The zero-order valence-corrected chi connectivity index (χ0v) is 24.3. The molecule has 2 heterocycles. The normalized spacial score (nSPS) is 18.1. The van der Waals surface area contributed by atoms with Crippen molar-refractivity contribution in [3.63, 3.8) is 0 Å². The number of nitrogens with one attached hydrogen (secondary N) is 2. The molecule has 2 aromatic carbocycles. The Morgan fingerprint density at radius 1 is 1.07 bits per heavy atom. The van der Waals surface area contributed by atoms with Crippen LogP contribution in [-0.2, 0) is 32.0 Å². The molecule has 1 aromatic heterocycles.